The fourth-order valence-corrected chi connectivity index (χ4v) is 2.69. The normalized spacial score (nSPS) is 12.8. The van der Waals surface area contributed by atoms with Crippen molar-refractivity contribution in [2.45, 2.75) is 26.1 Å². The summed E-state index contributed by atoms with van der Waals surface area (Å²) in [4.78, 5) is 0. The first-order valence-corrected chi connectivity index (χ1v) is 9.85. The van der Waals surface area contributed by atoms with Crippen LogP contribution < -0.4 is 14.8 Å². The van der Waals surface area contributed by atoms with E-state index >= 15 is 0 Å². The second-order valence-corrected chi connectivity index (χ2v) is 7.80. The maximum Gasteiger partial charge on any atom is 0.208 e. The molecule has 0 saturated carbocycles. The minimum atomic E-state index is -3.17. The summed E-state index contributed by atoms with van der Waals surface area (Å²) in [5.41, 5.74) is 1.84. The summed E-state index contributed by atoms with van der Waals surface area (Å²) >= 11 is 0. The van der Waals surface area contributed by atoms with Crippen molar-refractivity contribution in [1.29, 1.82) is 0 Å². The summed E-state index contributed by atoms with van der Waals surface area (Å²) < 4.78 is 43.3. The van der Waals surface area contributed by atoms with Gasteiger partial charge in [-0.2, -0.15) is 0 Å². The zero-order valence-corrected chi connectivity index (χ0v) is 15.1. The van der Waals surface area contributed by atoms with E-state index in [-0.39, 0.29) is 11.9 Å². The van der Waals surface area contributed by atoms with E-state index in [1.165, 1.54) is 12.1 Å². The third-order valence-corrected chi connectivity index (χ3v) is 4.22. The minimum absolute atomic E-state index is 0.0126. The molecule has 25 heavy (non-hydrogen) atoms. The van der Waals surface area contributed by atoms with Gasteiger partial charge in [0.1, 0.15) is 18.2 Å². The SMILES string of the molecule is C[C@H](CNS(C)(=O)=O)NCc1ccc(OCc2cccc(F)c2)cc1. The summed E-state index contributed by atoms with van der Waals surface area (Å²) in [5, 5.41) is 3.25. The van der Waals surface area contributed by atoms with Crippen molar-refractivity contribution in [2.75, 3.05) is 12.8 Å². The standard InChI is InChI=1S/C18H23FN2O3S/c1-14(11-21-25(2,22)23)20-12-15-6-8-18(9-7-15)24-13-16-4-3-5-17(19)10-16/h3-10,14,20-21H,11-13H2,1-2H3/t14-/m1/s1. The predicted octanol–water partition coefficient (Wildman–Crippen LogP) is 2.43. The van der Waals surface area contributed by atoms with E-state index in [2.05, 4.69) is 10.0 Å². The van der Waals surface area contributed by atoms with E-state index in [0.717, 1.165) is 17.4 Å². The number of hydrogen-bond donors (Lipinski definition) is 2. The maximum atomic E-state index is 13.1. The minimum Gasteiger partial charge on any atom is -0.489 e. The quantitative estimate of drug-likeness (QED) is 0.715. The second-order valence-electron chi connectivity index (χ2n) is 5.97. The lowest BCUT2D eigenvalue weighted by molar-refractivity contribution is 0.305. The largest absolute Gasteiger partial charge is 0.489 e. The smallest absolute Gasteiger partial charge is 0.208 e. The Morgan fingerprint density at radius 2 is 1.84 bits per heavy atom. The van der Waals surface area contributed by atoms with Crippen LogP contribution in [0.5, 0.6) is 5.75 Å². The Morgan fingerprint density at radius 1 is 1.12 bits per heavy atom. The highest BCUT2D eigenvalue weighted by molar-refractivity contribution is 7.88. The van der Waals surface area contributed by atoms with Crippen LogP contribution in [-0.4, -0.2) is 27.3 Å². The third kappa shape index (κ3) is 7.64. The van der Waals surface area contributed by atoms with Gasteiger partial charge in [-0.3, -0.25) is 0 Å². The molecule has 2 aromatic rings. The first kappa shape index (κ1) is 19.4. The number of sulfonamides is 1. The van der Waals surface area contributed by atoms with E-state index in [9.17, 15) is 12.8 Å². The summed E-state index contributed by atoms with van der Waals surface area (Å²) in [6.07, 6.45) is 1.14. The molecule has 0 bridgehead atoms. The van der Waals surface area contributed by atoms with Gasteiger partial charge in [-0.25, -0.2) is 17.5 Å². The average molecular weight is 366 g/mol. The topological polar surface area (TPSA) is 67.4 Å². The van der Waals surface area contributed by atoms with Crippen LogP contribution in [0, 0.1) is 5.82 Å². The Bertz CT molecular complexity index is 779. The molecule has 5 nitrogen and oxygen atoms in total. The second kappa shape index (κ2) is 8.94. The van der Waals surface area contributed by atoms with Crippen LogP contribution in [0.4, 0.5) is 4.39 Å². The highest BCUT2D eigenvalue weighted by Gasteiger charge is 2.06. The molecule has 0 amide bonds. The summed E-state index contributed by atoms with van der Waals surface area (Å²) in [5.74, 6) is 0.432. The van der Waals surface area contributed by atoms with Crippen molar-refractivity contribution in [3.63, 3.8) is 0 Å². The first-order chi connectivity index (χ1) is 11.8. The van der Waals surface area contributed by atoms with Crippen molar-refractivity contribution in [3.8, 4) is 5.75 Å². The Morgan fingerprint density at radius 3 is 2.48 bits per heavy atom. The highest BCUT2D eigenvalue weighted by atomic mass is 32.2. The van der Waals surface area contributed by atoms with Crippen LogP contribution in [-0.2, 0) is 23.2 Å². The fraction of sp³-hybridized carbons (Fsp3) is 0.333. The molecule has 0 aliphatic carbocycles. The molecule has 2 aromatic carbocycles. The van der Waals surface area contributed by atoms with Gasteiger partial charge in [0.25, 0.3) is 0 Å². The summed E-state index contributed by atoms with van der Waals surface area (Å²) in [6.45, 7) is 3.18. The van der Waals surface area contributed by atoms with E-state index < -0.39 is 10.0 Å². The molecule has 136 valence electrons. The Hall–Kier alpha value is -1.96. The van der Waals surface area contributed by atoms with Crippen molar-refractivity contribution >= 4 is 10.0 Å². The lowest BCUT2D eigenvalue weighted by Gasteiger charge is -2.14. The Balaban J connectivity index is 1.77. The Kier molecular flexibility index (Phi) is 6.92. The van der Waals surface area contributed by atoms with Crippen LogP contribution in [0.25, 0.3) is 0 Å². The molecule has 0 heterocycles. The van der Waals surface area contributed by atoms with Crippen molar-refractivity contribution in [1.82, 2.24) is 10.0 Å². The molecule has 0 unspecified atom stereocenters. The molecule has 7 heteroatoms. The molecular weight excluding hydrogens is 343 g/mol. The zero-order valence-electron chi connectivity index (χ0n) is 14.3. The summed E-state index contributed by atoms with van der Waals surface area (Å²) in [6, 6.07) is 13.9. The van der Waals surface area contributed by atoms with Crippen molar-refractivity contribution < 1.29 is 17.5 Å². The van der Waals surface area contributed by atoms with Gasteiger partial charge < -0.3 is 10.1 Å². The van der Waals surface area contributed by atoms with Gasteiger partial charge >= 0.3 is 0 Å². The number of rotatable bonds is 9. The number of ether oxygens (including phenoxy) is 1. The van der Waals surface area contributed by atoms with Crippen molar-refractivity contribution in [2.24, 2.45) is 0 Å². The van der Waals surface area contributed by atoms with Gasteiger partial charge in [-0.1, -0.05) is 24.3 Å². The molecule has 2 N–H and O–H groups in total. The van der Waals surface area contributed by atoms with E-state index in [4.69, 9.17) is 4.74 Å². The van der Waals surface area contributed by atoms with Gasteiger partial charge in [0, 0.05) is 19.1 Å². The molecule has 0 saturated heterocycles. The Labute approximate surface area is 148 Å². The average Bonchev–Trinajstić information content (AvgIpc) is 2.57. The van der Waals surface area contributed by atoms with E-state index in [1.807, 2.05) is 37.3 Å². The number of nitrogens with one attached hydrogen (secondary N) is 2. The van der Waals surface area contributed by atoms with Gasteiger partial charge in [-0.05, 0) is 42.3 Å². The maximum absolute atomic E-state index is 13.1. The predicted molar refractivity (Wildman–Crippen MR) is 96.3 cm³/mol. The molecule has 2 rings (SSSR count). The molecule has 0 radical (unpaired) electrons. The number of halogens is 1. The molecule has 0 aromatic heterocycles. The molecule has 0 aliphatic heterocycles. The van der Waals surface area contributed by atoms with Gasteiger partial charge in [0.15, 0.2) is 0 Å². The lowest BCUT2D eigenvalue weighted by Crippen LogP contribution is -2.38. The molecular formula is C18H23FN2O3S. The number of benzene rings is 2. The fourth-order valence-electron chi connectivity index (χ4n) is 2.14. The monoisotopic (exact) mass is 366 g/mol. The molecule has 0 fully saturated rings. The van der Waals surface area contributed by atoms with Crippen LogP contribution in [0.15, 0.2) is 48.5 Å². The van der Waals surface area contributed by atoms with Gasteiger partial charge in [0.05, 0.1) is 6.26 Å². The van der Waals surface area contributed by atoms with Crippen LogP contribution in [0.3, 0.4) is 0 Å². The first-order valence-electron chi connectivity index (χ1n) is 7.96. The zero-order chi connectivity index (χ0) is 18.3. The summed E-state index contributed by atoms with van der Waals surface area (Å²) in [7, 11) is -3.17. The highest BCUT2D eigenvalue weighted by Crippen LogP contribution is 2.14. The van der Waals surface area contributed by atoms with Crippen LogP contribution >= 0.6 is 0 Å². The van der Waals surface area contributed by atoms with Gasteiger partial charge in [0.2, 0.25) is 10.0 Å². The van der Waals surface area contributed by atoms with Crippen LogP contribution in [0.2, 0.25) is 0 Å². The van der Waals surface area contributed by atoms with E-state index in [1.54, 1.807) is 6.07 Å². The lowest BCUT2D eigenvalue weighted by atomic mass is 10.2. The molecule has 0 spiro atoms. The van der Waals surface area contributed by atoms with Gasteiger partial charge in [-0.15, -0.1) is 0 Å². The molecule has 0 aliphatic rings. The van der Waals surface area contributed by atoms with Crippen LogP contribution in [0.1, 0.15) is 18.1 Å². The molecule has 1 atom stereocenters. The van der Waals surface area contributed by atoms with E-state index in [0.29, 0.717) is 25.4 Å². The van der Waals surface area contributed by atoms with Crippen molar-refractivity contribution in [3.05, 3.63) is 65.5 Å². The third-order valence-electron chi connectivity index (χ3n) is 3.52. The number of hydrogen-bond acceptors (Lipinski definition) is 4.